The summed E-state index contributed by atoms with van der Waals surface area (Å²) in [5, 5.41) is 1.13. The van der Waals surface area contributed by atoms with Crippen LogP contribution in [0.2, 0.25) is 10.0 Å². The lowest BCUT2D eigenvalue weighted by Crippen LogP contribution is -2.11. The smallest absolute Gasteiger partial charge is 0.165 e. The maximum Gasteiger partial charge on any atom is 0.165 e. The van der Waals surface area contributed by atoms with E-state index in [2.05, 4.69) is 40.2 Å². The maximum atomic E-state index is 6.41. The van der Waals surface area contributed by atoms with Crippen molar-refractivity contribution in [3.8, 4) is 23.1 Å². The van der Waals surface area contributed by atoms with Gasteiger partial charge in [-0.15, -0.1) is 5.92 Å². The van der Waals surface area contributed by atoms with Gasteiger partial charge >= 0.3 is 0 Å². The molecule has 1 aromatic carbocycles. The molecule has 2 heterocycles. The zero-order chi connectivity index (χ0) is 18.7. The van der Waals surface area contributed by atoms with Crippen molar-refractivity contribution in [3.63, 3.8) is 0 Å². The van der Waals surface area contributed by atoms with Gasteiger partial charge in [-0.05, 0) is 31.5 Å². The molecule has 3 rings (SSSR count). The van der Waals surface area contributed by atoms with Gasteiger partial charge in [0.2, 0.25) is 0 Å². The lowest BCUT2D eigenvalue weighted by Gasteiger charge is -2.15. The van der Waals surface area contributed by atoms with Crippen molar-refractivity contribution in [1.29, 1.82) is 0 Å². The molecule has 0 saturated carbocycles. The molecule has 1 atom stereocenters. The van der Waals surface area contributed by atoms with Crippen molar-refractivity contribution in [2.75, 3.05) is 0 Å². The fourth-order valence-electron chi connectivity index (χ4n) is 3.12. The number of aromatic nitrogens is 4. The molecule has 0 saturated heterocycles. The van der Waals surface area contributed by atoms with Gasteiger partial charge in [0, 0.05) is 17.0 Å². The molecular weight excluding hydrogens is 367 g/mol. The van der Waals surface area contributed by atoms with E-state index in [1.165, 1.54) is 0 Å². The lowest BCUT2D eigenvalue weighted by atomic mass is 10.1. The van der Waals surface area contributed by atoms with E-state index in [1.807, 2.05) is 13.0 Å². The average molecular weight is 387 g/mol. The standard InChI is InChI=1S/C20H20Cl2N4/c1-4-7-14(8-5-2)26-17(6-3)25-19-18(23-12-24-20(19)26)15-10-9-13(21)11-16(15)22/h9-12,14H,4,6-7H2,1-3H3. The van der Waals surface area contributed by atoms with E-state index in [1.54, 1.807) is 18.5 Å². The van der Waals surface area contributed by atoms with Crippen molar-refractivity contribution < 1.29 is 0 Å². The third-order valence-electron chi connectivity index (χ3n) is 4.24. The Morgan fingerprint density at radius 3 is 2.65 bits per heavy atom. The maximum absolute atomic E-state index is 6.41. The molecule has 0 amide bonds. The SMILES string of the molecule is CC#CC(CCC)n1c(CC)nc2c(-c3ccc(Cl)cc3Cl)ncnc21. The molecule has 0 bridgehead atoms. The van der Waals surface area contributed by atoms with Crippen LogP contribution in [0.15, 0.2) is 24.5 Å². The van der Waals surface area contributed by atoms with Gasteiger partial charge in [0.25, 0.3) is 0 Å². The van der Waals surface area contributed by atoms with Crippen LogP contribution in [0.5, 0.6) is 0 Å². The molecule has 0 aliphatic rings. The highest BCUT2D eigenvalue weighted by atomic mass is 35.5. The topological polar surface area (TPSA) is 43.6 Å². The van der Waals surface area contributed by atoms with Gasteiger partial charge in [-0.3, -0.25) is 4.57 Å². The minimum Gasteiger partial charge on any atom is -0.298 e. The monoisotopic (exact) mass is 386 g/mol. The average Bonchev–Trinajstić information content (AvgIpc) is 3.00. The van der Waals surface area contributed by atoms with Crippen LogP contribution in [-0.2, 0) is 6.42 Å². The highest BCUT2D eigenvalue weighted by Crippen LogP contribution is 2.34. The van der Waals surface area contributed by atoms with Crippen LogP contribution < -0.4 is 0 Å². The second kappa shape index (κ2) is 8.07. The Morgan fingerprint density at radius 2 is 2.00 bits per heavy atom. The zero-order valence-corrected chi connectivity index (χ0v) is 16.6. The quantitative estimate of drug-likeness (QED) is 0.526. The fourth-order valence-corrected chi connectivity index (χ4v) is 3.61. The van der Waals surface area contributed by atoms with Crippen LogP contribution in [0.3, 0.4) is 0 Å². The van der Waals surface area contributed by atoms with Gasteiger partial charge < -0.3 is 0 Å². The molecule has 2 aromatic heterocycles. The fraction of sp³-hybridized carbons (Fsp3) is 0.350. The van der Waals surface area contributed by atoms with Crippen LogP contribution in [0.25, 0.3) is 22.4 Å². The number of imidazole rings is 1. The molecule has 0 aliphatic heterocycles. The first-order valence-electron chi connectivity index (χ1n) is 8.70. The first-order valence-corrected chi connectivity index (χ1v) is 9.45. The Balaban J connectivity index is 2.27. The van der Waals surface area contributed by atoms with Crippen molar-refractivity contribution in [2.45, 2.75) is 46.1 Å². The Morgan fingerprint density at radius 1 is 1.19 bits per heavy atom. The predicted molar refractivity (Wildman–Crippen MR) is 108 cm³/mol. The number of hydrogen-bond donors (Lipinski definition) is 0. The Kier molecular flexibility index (Phi) is 5.80. The van der Waals surface area contributed by atoms with Gasteiger partial charge in [-0.1, -0.05) is 49.4 Å². The van der Waals surface area contributed by atoms with Gasteiger partial charge in [0.15, 0.2) is 5.65 Å². The van der Waals surface area contributed by atoms with Gasteiger partial charge in [-0.25, -0.2) is 15.0 Å². The van der Waals surface area contributed by atoms with E-state index >= 15 is 0 Å². The molecule has 0 aliphatic carbocycles. The first-order chi connectivity index (χ1) is 12.6. The van der Waals surface area contributed by atoms with E-state index in [0.717, 1.165) is 41.8 Å². The van der Waals surface area contributed by atoms with Crippen LogP contribution in [0.1, 0.15) is 45.5 Å². The summed E-state index contributed by atoms with van der Waals surface area (Å²) in [5.41, 5.74) is 3.04. The van der Waals surface area contributed by atoms with Gasteiger partial charge in [0.1, 0.15) is 23.4 Å². The molecule has 0 N–H and O–H groups in total. The zero-order valence-electron chi connectivity index (χ0n) is 15.1. The van der Waals surface area contributed by atoms with E-state index in [-0.39, 0.29) is 6.04 Å². The molecule has 0 fully saturated rings. The summed E-state index contributed by atoms with van der Waals surface area (Å²) in [5.74, 6) is 7.29. The first kappa shape index (κ1) is 18.7. The van der Waals surface area contributed by atoms with Gasteiger partial charge in [-0.2, -0.15) is 0 Å². The van der Waals surface area contributed by atoms with E-state index < -0.39 is 0 Å². The number of hydrogen-bond acceptors (Lipinski definition) is 3. The number of halogens is 2. The van der Waals surface area contributed by atoms with Crippen molar-refractivity contribution in [1.82, 2.24) is 19.5 Å². The summed E-state index contributed by atoms with van der Waals surface area (Å²) in [7, 11) is 0. The molecule has 6 heteroatoms. The highest BCUT2D eigenvalue weighted by Gasteiger charge is 2.21. The normalized spacial score (nSPS) is 12.0. The molecule has 1 unspecified atom stereocenters. The lowest BCUT2D eigenvalue weighted by molar-refractivity contribution is 0.554. The summed E-state index contributed by atoms with van der Waals surface area (Å²) in [6, 6.07) is 5.43. The van der Waals surface area contributed by atoms with Crippen molar-refractivity contribution in [2.24, 2.45) is 0 Å². The second-order valence-corrected chi connectivity index (χ2v) is 6.81. The van der Waals surface area contributed by atoms with E-state index in [9.17, 15) is 0 Å². The number of rotatable bonds is 5. The molecule has 4 nitrogen and oxygen atoms in total. The highest BCUT2D eigenvalue weighted by molar-refractivity contribution is 6.36. The van der Waals surface area contributed by atoms with Crippen molar-refractivity contribution >= 4 is 34.4 Å². The number of aryl methyl sites for hydroxylation is 1. The Hall–Kier alpha value is -2.09. The third-order valence-corrected chi connectivity index (χ3v) is 4.79. The van der Waals surface area contributed by atoms with Crippen LogP contribution in [0.4, 0.5) is 0 Å². The Labute approximate surface area is 163 Å². The summed E-state index contributed by atoms with van der Waals surface area (Å²) in [6.07, 6.45) is 4.32. The Bertz CT molecular complexity index is 998. The number of fused-ring (bicyclic) bond motifs is 1. The summed E-state index contributed by atoms with van der Waals surface area (Å²) < 4.78 is 2.14. The molecule has 26 heavy (non-hydrogen) atoms. The minimum absolute atomic E-state index is 0.0494. The van der Waals surface area contributed by atoms with Crippen molar-refractivity contribution in [3.05, 3.63) is 40.4 Å². The largest absolute Gasteiger partial charge is 0.298 e. The van der Waals surface area contributed by atoms with E-state index in [4.69, 9.17) is 28.2 Å². The van der Waals surface area contributed by atoms with Crippen LogP contribution in [0, 0.1) is 11.8 Å². The summed E-state index contributed by atoms with van der Waals surface area (Å²) >= 11 is 12.4. The predicted octanol–water partition coefficient (Wildman–Crippen LogP) is 5.73. The van der Waals surface area contributed by atoms with Crippen LogP contribution >= 0.6 is 23.2 Å². The van der Waals surface area contributed by atoms with Crippen LogP contribution in [-0.4, -0.2) is 19.5 Å². The van der Waals surface area contributed by atoms with E-state index in [0.29, 0.717) is 15.7 Å². The number of benzene rings is 1. The molecule has 134 valence electrons. The minimum atomic E-state index is 0.0494. The second-order valence-electron chi connectivity index (χ2n) is 5.97. The number of nitrogens with zero attached hydrogens (tertiary/aromatic N) is 4. The van der Waals surface area contributed by atoms with Gasteiger partial charge in [0.05, 0.1) is 11.1 Å². The molecule has 0 radical (unpaired) electrons. The molecular formula is C20H20Cl2N4. The molecule has 0 spiro atoms. The third kappa shape index (κ3) is 3.42. The molecule has 3 aromatic rings. The summed E-state index contributed by atoms with van der Waals surface area (Å²) in [4.78, 5) is 13.8. The summed E-state index contributed by atoms with van der Waals surface area (Å²) in [6.45, 7) is 6.10.